The highest BCUT2D eigenvalue weighted by Gasteiger charge is 2.10. The van der Waals surface area contributed by atoms with Crippen molar-refractivity contribution in [2.45, 2.75) is 13.1 Å². The summed E-state index contributed by atoms with van der Waals surface area (Å²) in [5.41, 5.74) is 0.681. The third-order valence-corrected chi connectivity index (χ3v) is 4.82. The standard InChI is InChI=1S/C16H14FN5OS/c17-11-1-2-14-10(5-11)6-12(24-14)7-18-15-13-8-21-22(3-4-23)16(13)20-9-19-15/h1-2,5-6,8-9,23H,3-4,7H2,(H,18,19,20). The number of nitrogens with one attached hydrogen (secondary N) is 1. The zero-order valence-corrected chi connectivity index (χ0v) is 13.4. The van der Waals surface area contributed by atoms with E-state index in [1.54, 1.807) is 28.3 Å². The first kappa shape index (κ1) is 15.0. The zero-order valence-electron chi connectivity index (χ0n) is 12.6. The quantitative estimate of drug-likeness (QED) is 0.583. The monoisotopic (exact) mass is 343 g/mol. The molecule has 0 spiro atoms. The fraction of sp³-hybridized carbons (Fsp3) is 0.188. The Morgan fingerprint density at radius 2 is 2.17 bits per heavy atom. The largest absolute Gasteiger partial charge is 0.394 e. The van der Waals surface area contributed by atoms with Crippen LogP contribution in [0.15, 0.2) is 36.8 Å². The number of halogens is 1. The van der Waals surface area contributed by atoms with Crippen molar-refractivity contribution in [3.8, 4) is 0 Å². The lowest BCUT2D eigenvalue weighted by atomic mass is 10.2. The Morgan fingerprint density at radius 1 is 1.25 bits per heavy atom. The smallest absolute Gasteiger partial charge is 0.163 e. The molecule has 0 atom stereocenters. The molecule has 6 nitrogen and oxygen atoms in total. The lowest BCUT2D eigenvalue weighted by molar-refractivity contribution is 0.271. The van der Waals surface area contributed by atoms with Crippen molar-refractivity contribution in [2.24, 2.45) is 0 Å². The molecule has 0 amide bonds. The molecule has 0 saturated heterocycles. The van der Waals surface area contributed by atoms with E-state index in [2.05, 4.69) is 20.4 Å². The van der Waals surface area contributed by atoms with Crippen LogP contribution in [0.5, 0.6) is 0 Å². The van der Waals surface area contributed by atoms with Gasteiger partial charge in [0.25, 0.3) is 0 Å². The lowest BCUT2D eigenvalue weighted by Gasteiger charge is -2.05. The number of fused-ring (bicyclic) bond motifs is 2. The van der Waals surface area contributed by atoms with Crippen molar-refractivity contribution < 1.29 is 9.50 Å². The number of hydrogen-bond acceptors (Lipinski definition) is 6. The van der Waals surface area contributed by atoms with Crippen LogP contribution in [0.3, 0.4) is 0 Å². The second-order valence-corrected chi connectivity index (χ2v) is 6.47. The van der Waals surface area contributed by atoms with Crippen LogP contribution in [0.4, 0.5) is 10.2 Å². The summed E-state index contributed by atoms with van der Waals surface area (Å²) in [6, 6.07) is 6.78. The van der Waals surface area contributed by atoms with Gasteiger partial charge in [-0.1, -0.05) is 0 Å². The number of hydrogen-bond donors (Lipinski definition) is 2. The van der Waals surface area contributed by atoms with E-state index in [4.69, 9.17) is 5.11 Å². The first-order chi connectivity index (χ1) is 11.7. The molecule has 0 fully saturated rings. The minimum absolute atomic E-state index is 0.00187. The third-order valence-electron chi connectivity index (χ3n) is 3.70. The van der Waals surface area contributed by atoms with E-state index < -0.39 is 0 Å². The Labute approximate surface area is 140 Å². The molecule has 122 valence electrons. The molecule has 3 aromatic heterocycles. The minimum atomic E-state index is -0.228. The molecular weight excluding hydrogens is 329 g/mol. The van der Waals surface area contributed by atoms with Gasteiger partial charge >= 0.3 is 0 Å². The summed E-state index contributed by atoms with van der Waals surface area (Å²) in [5.74, 6) is 0.460. The van der Waals surface area contributed by atoms with Crippen LogP contribution >= 0.6 is 11.3 Å². The number of aliphatic hydroxyl groups excluding tert-OH is 1. The minimum Gasteiger partial charge on any atom is -0.394 e. The highest BCUT2D eigenvalue weighted by atomic mass is 32.1. The van der Waals surface area contributed by atoms with Gasteiger partial charge in [0.2, 0.25) is 0 Å². The van der Waals surface area contributed by atoms with Crippen LogP contribution in [0.2, 0.25) is 0 Å². The molecule has 1 aromatic carbocycles. The maximum absolute atomic E-state index is 13.3. The number of anilines is 1. The fourth-order valence-electron chi connectivity index (χ4n) is 2.62. The summed E-state index contributed by atoms with van der Waals surface area (Å²) < 4.78 is 16.0. The first-order valence-corrected chi connectivity index (χ1v) is 8.25. The predicted molar refractivity (Wildman–Crippen MR) is 91.5 cm³/mol. The molecule has 4 aromatic rings. The second kappa shape index (κ2) is 6.14. The molecule has 0 radical (unpaired) electrons. The number of benzene rings is 1. The first-order valence-electron chi connectivity index (χ1n) is 7.44. The summed E-state index contributed by atoms with van der Waals surface area (Å²) in [4.78, 5) is 9.58. The van der Waals surface area contributed by atoms with E-state index in [-0.39, 0.29) is 12.4 Å². The molecule has 0 bridgehead atoms. The predicted octanol–water partition coefficient (Wildman–Crippen LogP) is 2.78. The van der Waals surface area contributed by atoms with Gasteiger partial charge in [0.1, 0.15) is 18.0 Å². The van der Waals surface area contributed by atoms with Gasteiger partial charge in [0.05, 0.1) is 31.3 Å². The summed E-state index contributed by atoms with van der Waals surface area (Å²) >= 11 is 1.62. The van der Waals surface area contributed by atoms with Gasteiger partial charge in [0.15, 0.2) is 5.65 Å². The topological polar surface area (TPSA) is 75.9 Å². The van der Waals surface area contributed by atoms with Crippen LogP contribution < -0.4 is 5.32 Å². The third kappa shape index (κ3) is 2.70. The Morgan fingerprint density at radius 3 is 3.04 bits per heavy atom. The number of aliphatic hydroxyl groups is 1. The molecule has 4 rings (SSSR count). The van der Waals surface area contributed by atoms with Crippen LogP contribution in [0.1, 0.15) is 4.88 Å². The van der Waals surface area contributed by atoms with Gasteiger partial charge in [-0.2, -0.15) is 5.10 Å². The Balaban J connectivity index is 1.59. The van der Waals surface area contributed by atoms with Crippen molar-refractivity contribution in [3.63, 3.8) is 0 Å². The van der Waals surface area contributed by atoms with Crippen molar-refractivity contribution in [3.05, 3.63) is 47.5 Å². The average Bonchev–Trinajstić information content (AvgIpc) is 3.17. The van der Waals surface area contributed by atoms with Crippen molar-refractivity contribution in [2.75, 3.05) is 11.9 Å². The van der Waals surface area contributed by atoms with E-state index >= 15 is 0 Å². The maximum atomic E-state index is 13.3. The number of rotatable bonds is 5. The number of nitrogens with zero attached hydrogens (tertiary/aromatic N) is 4. The van der Waals surface area contributed by atoms with Crippen molar-refractivity contribution in [1.29, 1.82) is 0 Å². The molecule has 2 N–H and O–H groups in total. The van der Waals surface area contributed by atoms with Crippen LogP contribution in [0.25, 0.3) is 21.1 Å². The highest BCUT2D eigenvalue weighted by Crippen LogP contribution is 2.27. The van der Waals surface area contributed by atoms with E-state index in [0.717, 1.165) is 20.3 Å². The van der Waals surface area contributed by atoms with Crippen LogP contribution in [0, 0.1) is 5.82 Å². The van der Waals surface area contributed by atoms with E-state index in [0.29, 0.717) is 24.6 Å². The molecule has 3 heterocycles. The van der Waals surface area contributed by atoms with Gasteiger partial charge < -0.3 is 10.4 Å². The van der Waals surface area contributed by atoms with Gasteiger partial charge in [-0.05, 0) is 29.7 Å². The summed E-state index contributed by atoms with van der Waals surface area (Å²) in [7, 11) is 0. The maximum Gasteiger partial charge on any atom is 0.163 e. The Bertz CT molecular complexity index is 1010. The highest BCUT2D eigenvalue weighted by molar-refractivity contribution is 7.19. The van der Waals surface area contributed by atoms with Gasteiger partial charge in [0, 0.05) is 9.58 Å². The van der Waals surface area contributed by atoms with Crippen molar-refractivity contribution in [1.82, 2.24) is 19.7 Å². The Kier molecular flexibility index (Phi) is 3.83. The van der Waals surface area contributed by atoms with Gasteiger partial charge in [-0.25, -0.2) is 19.0 Å². The lowest BCUT2D eigenvalue weighted by Crippen LogP contribution is -2.05. The molecule has 0 unspecified atom stereocenters. The average molecular weight is 343 g/mol. The Hall–Kier alpha value is -2.58. The SMILES string of the molecule is OCCn1ncc2c(NCc3cc4cc(F)ccc4s3)ncnc21. The molecule has 0 aliphatic rings. The number of thiophene rings is 1. The molecule has 0 aliphatic carbocycles. The normalized spacial score (nSPS) is 11.4. The summed E-state index contributed by atoms with van der Waals surface area (Å²) in [6.07, 6.45) is 3.16. The zero-order chi connectivity index (χ0) is 16.5. The van der Waals surface area contributed by atoms with Crippen LogP contribution in [-0.2, 0) is 13.1 Å². The molecule has 24 heavy (non-hydrogen) atoms. The van der Waals surface area contributed by atoms with E-state index in [1.165, 1.54) is 18.5 Å². The van der Waals surface area contributed by atoms with E-state index in [9.17, 15) is 4.39 Å². The second-order valence-electron chi connectivity index (χ2n) is 5.30. The molecule has 0 aliphatic heterocycles. The fourth-order valence-corrected chi connectivity index (χ4v) is 3.60. The van der Waals surface area contributed by atoms with Gasteiger partial charge in [-0.3, -0.25) is 0 Å². The number of aromatic nitrogens is 4. The summed E-state index contributed by atoms with van der Waals surface area (Å²) in [5, 5.41) is 18.3. The molecule has 0 saturated carbocycles. The molecular formula is C16H14FN5OS. The van der Waals surface area contributed by atoms with Crippen LogP contribution in [-0.4, -0.2) is 31.5 Å². The van der Waals surface area contributed by atoms with Crippen molar-refractivity contribution >= 4 is 38.3 Å². The van der Waals surface area contributed by atoms with E-state index in [1.807, 2.05) is 6.07 Å². The molecule has 8 heteroatoms. The summed E-state index contributed by atoms with van der Waals surface area (Å²) in [6.45, 7) is 0.974. The van der Waals surface area contributed by atoms with Gasteiger partial charge in [-0.15, -0.1) is 11.3 Å².